The Balaban J connectivity index is 1.67. The lowest BCUT2D eigenvalue weighted by Crippen LogP contribution is -2.19. The van der Waals surface area contributed by atoms with Crippen molar-refractivity contribution in [3.63, 3.8) is 0 Å². The Morgan fingerprint density at radius 3 is 3.00 bits per heavy atom. The molecule has 5 heteroatoms. The van der Waals surface area contributed by atoms with E-state index >= 15 is 0 Å². The topological polar surface area (TPSA) is 40.7 Å². The predicted octanol–water partition coefficient (Wildman–Crippen LogP) is 3.27. The van der Waals surface area contributed by atoms with Gasteiger partial charge in [-0.3, -0.25) is 0 Å². The number of aromatic amines is 1. The van der Waals surface area contributed by atoms with Crippen molar-refractivity contribution in [3.05, 3.63) is 40.5 Å². The molecular formula is C14H15BrFN3. The molecule has 2 N–H and O–H groups in total. The van der Waals surface area contributed by atoms with Gasteiger partial charge in [0.05, 0.1) is 16.4 Å². The summed E-state index contributed by atoms with van der Waals surface area (Å²) in [6.45, 7) is 0.949. The normalized spacial score (nSPS) is 14.8. The van der Waals surface area contributed by atoms with Gasteiger partial charge in [-0.2, -0.15) is 0 Å². The Morgan fingerprint density at radius 1 is 1.42 bits per heavy atom. The van der Waals surface area contributed by atoms with Crippen molar-refractivity contribution in [1.29, 1.82) is 0 Å². The van der Waals surface area contributed by atoms with E-state index in [2.05, 4.69) is 31.2 Å². The zero-order chi connectivity index (χ0) is 13.2. The maximum absolute atomic E-state index is 13.2. The first-order valence-corrected chi connectivity index (χ1v) is 7.24. The van der Waals surface area contributed by atoms with Crippen LogP contribution in [0.2, 0.25) is 0 Å². The second-order valence-electron chi connectivity index (χ2n) is 4.85. The van der Waals surface area contributed by atoms with E-state index in [9.17, 15) is 4.39 Å². The predicted molar refractivity (Wildman–Crippen MR) is 76.4 cm³/mol. The molecule has 1 aromatic heterocycles. The van der Waals surface area contributed by atoms with Crippen LogP contribution in [-0.2, 0) is 6.42 Å². The quantitative estimate of drug-likeness (QED) is 0.886. The van der Waals surface area contributed by atoms with Gasteiger partial charge < -0.3 is 10.3 Å². The molecule has 0 atom stereocenters. The van der Waals surface area contributed by atoms with E-state index in [1.54, 1.807) is 18.3 Å². The molecule has 0 saturated heterocycles. The smallest absolute Gasteiger partial charge is 0.137 e. The molecule has 0 amide bonds. The van der Waals surface area contributed by atoms with Crippen molar-refractivity contribution in [2.75, 3.05) is 6.54 Å². The molecule has 0 radical (unpaired) electrons. The molecule has 3 rings (SSSR count). The third-order valence-electron chi connectivity index (χ3n) is 3.23. The highest BCUT2D eigenvalue weighted by Crippen LogP contribution is 2.24. The third-order valence-corrected chi connectivity index (χ3v) is 3.84. The van der Waals surface area contributed by atoms with Crippen molar-refractivity contribution in [2.45, 2.75) is 25.3 Å². The summed E-state index contributed by atoms with van der Waals surface area (Å²) in [6.07, 6.45) is 5.28. The summed E-state index contributed by atoms with van der Waals surface area (Å²) >= 11 is 3.20. The Morgan fingerprint density at radius 2 is 2.26 bits per heavy atom. The minimum Gasteiger partial charge on any atom is -0.342 e. The molecular weight excluding hydrogens is 309 g/mol. The number of hydrogen-bond donors (Lipinski definition) is 2. The fourth-order valence-electron chi connectivity index (χ4n) is 1.98. The lowest BCUT2D eigenvalue weighted by molar-refractivity contribution is 0.621. The molecule has 0 bridgehead atoms. The molecule has 0 aliphatic heterocycles. The minimum atomic E-state index is -0.253. The zero-order valence-corrected chi connectivity index (χ0v) is 12.0. The van der Waals surface area contributed by atoms with Gasteiger partial charge in [-0.15, -0.1) is 0 Å². The molecule has 1 heterocycles. The molecule has 1 aliphatic rings. The van der Waals surface area contributed by atoms with E-state index in [0.29, 0.717) is 4.47 Å². The molecule has 1 aromatic carbocycles. The van der Waals surface area contributed by atoms with Gasteiger partial charge in [0.2, 0.25) is 0 Å². The number of benzene rings is 1. The minimum absolute atomic E-state index is 0.253. The number of nitrogens with one attached hydrogen (secondary N) is 2. The number of hydrogen-bond acceptors (Lipinski definition) is 2. The van der Waals surface area contributed by atoms with Gasteiger partial charge >= 0.3 is 0 Å². The zero-order valence-electron chi connectivity index (χ0n) is 10.4. The van der Waals surface area contributed by atoms with E-state index in [1.165, 1.54) is 18.9 Å². The van der Waals surface area contributed by atoms with Crippen molar-refractivity contribution in [3.8, 4) is 11.3 Å². The lowest BCUT2D eigenvalue weighted by atomic mass is 10.2. The van der Waals surface area contributed by atoms with E-state index in [4.69, 9.17) is 0 Å². The van der Waals surface area contributed by atoms with Crippen LogP contribution in [0.1, 0.15) is 18.7 Å². The number of rotatable bonds is 5. The molecule has 2 aromatic rings. The Hall–Kier alpha value is -1.20. The van der Waals surface area contributed by atoms with Crippen molar-refractivity contribution < 1.29 is 4.39 Å². The molecule has 3 nitrogen and oxygen atoms in total. The fraction of sp³-hybridized carbons (Fsp3) is 0.357. The largest absolute Gasteiger partial charge is 0.342 e. The summed E-state index contributed by atoms with van der Waals surface area (Å²) in [5.41, 5.74) is 1.85. The van der Waals surface area contributed by atoms with Gasteiger partial charge in [0.15, 0.2) is 0 Å². The number of H-pyrrole nitrogens is 1. The van der Waals surface area contributed by atoms with Crippen LogP contribution >= 0.6 is 15.9 Å². The van der Waals surface area contributed by atoms with Gasteiger partial charge in [0.25, 0.3) is 0 Å². The van der Waals surface area contributed by atoms with E-state index < -0.39 is 0 Å². The summed E-state index contributed by atoms with van der Waals surface area (Å²) < 4.78 is 13.7. The highest BCUT2D eigenvalue weighted by molar-refractivity contribution is 9.10. The Labute approximate surface area is 119 Å². The molecule has 19 heavy (non-hydrogen) atoms. The molecule has 1 saturated carbocycles. The molecule has 0 spiro atoms. The van der Waals surface area contributed by atoms with Gasteiger partial charge in [-0.1, -0.05) is 0 Å². The second-order valence-corrected chi connectivity index (χ2v) is 5.71. The first kappa shape index (κ1) is 12.8. The summed E-state index contributed by atoms with van der Waals surface area (Å²) in [4.78, 5) is 7.63. The van der Waals surface area contributed by atoms with Crippen LogP contribution < -0.4 is 5.32 Å². The number of imidazole rings is 1. The molecule has 0 unspecified atom stereocenters. The average Bonchev–Trinajstić information content (AvgIpc) is 3.10. The summed E-state index contributed by atoms with van der Waals surface area (Å²) in [5.74, 6) is 0.709. The molecule has 100 valence electrons. The number of halogens is 2. The number of nitrogens with zero attached hydrogens (tertiary/aromatic N) is 1. The van der Waals surface area contributed by atoms with Gasteiger partial charge in [0, 0.05) is 24.6 Å². The average molecular weight is 324 g/mol. The van der Waals surface area contributed by atoms with Gasteiger partial charge in [-0.25, -0.2) is 9.37 Å². The van der Waals surface area contributed by atoms with Crippen LogP contribution in [0, 0.1) is 5.82 Å². The third kappa shape index (κ3) is 3.22. The first-order valence-electron chi connectivity index (χ1n) is 6.45. The standard InChI is InChI=1S/C14H15BrFN3/c15-11-7-9(1-4-12(11)16)13-8-18-14(19-13)5-6-17-10-2-3-10/h1,4,7-8,10,17H,2-3,5-6H2,(H,18,19). The monoisotopic (exact) mass is 323 g/mol. The van der Waals surface area contributed by atoms with E-state index in [-0.39, 0.29) is 5.82 Å². The maximum Gasteiger partial charge on any atom is 0.137 e. The van der Waals surface area contributed by atoms with Crippen LogP contribution in [0.25, 0.3) is 11.3 Å². The molecule has 1 aliphatic carbocycles. The van der Waals surface area contributed by atoms with Crippen LogP contribution in [0.15, 0.2) is 28.9 Å². The second kappa shape index (κ2) is 5.43. The highest BCUT2D eigenvalue weighted by Gasteiger charge is 2.19. The Kier molecular flexibility index (Phi) is 3.66. The lowest BCUT2D eigenvalue weighted by Gasteiger charge is -2.01. The van der Waals surface area contributed by atoms with Gasteiger partial charge in [-0.05, 0) is 47.0 Å². The van der Waals surface area contributed by atoms with E-state index in [0.717, 1.165) is 36.1 Å². The first-order chi connectivity index (χ1) is 9.22. The highest BCUT2D eigenvalue weighted by atomic mass is 79.9. The summed E-state index contributed by atoms with van der Waals surface area (Å²) in [5, 5.41) is 3.45. The van der Waals surface area contributed by atoms with Crippen LogP contribution in [0.3, 0.4) is 0 Å². The molecule has 1 fully saturated rings. The maximum atomic E-state index is 13.2. The van der Waals surface area contributed by atoms with Crippen LogP contribution in [0.5, 0.6) is 0 Å². The Bertz CT molecular complexity index is 578. The van der Waals surface area contributed by atoms with Crippen molar-refractivity contribution in [2.24, 2.45) is 0 Å². The van der Waals surface area contributed by atoms with Crippen molar-refractivity contribution >= 4 is 15.9 Å². The summed E-state index contributed by atoms with van der Waals surface area (Å²) in [6, 6.07) is 5.69. The SMILES string of the molecule is Fc1ccc(-c2cnc(CCNC3CC3)[nH]2)cc1Br. The van der Waals surface area contributed by atoms with Crippen LogP contribution in [0.4, 0.5) is 4.39 Å². The number of aromatic nitrogens is 2. The van der Waals surface area contributed by atoms with Crippen LogP contribution in [-0.4, -0.2) is 22.6 Å². The van der Waals surface area contributed by atoms with E-state index in [1.807, 2.05) is 0 Å². The van der Waals surface area contributed by atoms with Gasteiger partial charge in [0.1, 0.15) is 11.6 Å². The fourth-order valence-corrected chi connectivity index (χ4v) is 2.36. The summed E-state index contributed by atoms with van der Waals surface area (Å²) in [7, 11) is 0. The van der Waals surface area contributed by atoms with Crippen molar-refractivity contribution in [1.82, 2.24) is 15.3 Å².